The summed E-state index contributed by atoms with van der Waals surface area (Å²) in [4.78, 5) is 10.9. The molecule has 0 aromatic carbocycles. The number of aryl methyl sites for hydroxylation is 1. The Balaban J connectivity index is 2.47. The predicted octanol–water partition coefficient (Wildman–Crippen LogP) is 1.23. The second kappa shape index (κ2) is 4.36. The summed E-state index contributed by atoms with van der Waals surface area (Å²) in [5, 5.41) is 2.65. The Morgan fingerprint density at radius 3 is 3.00 bits per heavy atom. The highest BCUT2D eigenvalue weighted by Gasteiger charge is 2.01. The van der Waals surface area contributed by atoms with Gasteiger partial charge in [0.1, 0.15) is 5.76 Å². The fraction of sp³-hybridized carbons (Fsp3) is 0.300. The first-order chi connectivity index (χ1) is 6.24. The molecule has 0 saturated carbocycles. The van der Waals surface area contributed by atoms with Crippen LogP contribution in [0.5, 0.6) is 0 Å². The number of rotatable bonds is 2. The van der Waals surface area contributed by atoms with Gasteiger partial charge in [-0.3, -0.25) is 4.79 Å². The maximum Gasteiger partial charge on any atom is 0.296 e. The minimum atomic E-state index is -0.261. The predicted molar refractivity (Wildman–Crippen MR) is 48.7 cm³/mol. The van der Waals surface area contributed by atoms with Crippen molar-refractivity contribution in [1.29, 1.82) is 0 Å². The largest absolute Gasteiger partial charge is 0.469 e. The lowest BCUT2D eigenvalue weighted by Gasteiger charge is -1.98. The van der Waals surface area contributed by atoms with Gasteiger partial charge in [0.25, 0.3) is 5.91 Å². The summed E-state index contributed by atoms with van der Waals surface area (Å²) in [6.45, 7) is 3.95. The van der Waals surface area contributed by atoms with Crippen molar-refractivity contribution >= 4 is 5.91 Å². The van der Waals surface area contributed by atoms with E-state index in [2.05, 4.69) is 17.2 Å². The number of amides is 1. The summed E-state index contributed by atoms with van der Waals surface area (Å²) in [6.07, 6.45) is 1.60. The van der Waals surface area contributed by atoms with Crippen LogP contribution in [0.3, 0.4) is 0 Å². The van der Waals surface area contributed by atoms with Crippen LogP contribution in [0.25, 0.3) is 0 Å². The van der Waals surface area contributed by atoms with Crippen molar-refractivity contribution in [3.8, 4) is 11.8 Å². The molecule has 1 aromatic heterocycles. The van der Waals surface area contributed by atoms with Crippen LogP contribution < -0.4 is 5.32 Å². The van der Waals surface area contributed by atoms with Crippen LogP contribution >= 0.6 is 0 Å². The van der Waals surface area contributed by atoms with Gasteiger partial charge in [0.05, 0.1) is 6.26 Å². The van der Waals surface area contributed by atoms with Crippen molar-refractivity contribution < 1.29 is 9.21 Å². The first-order valence-corrected chi connectivity index (χ1v) is 3.97. The van der Waals surface area contributed by atoms with E-state index < -0.39 is 0 Å². The number of carbonyl (C=O) groups excluding carboxylic acids is 1. The van der Waals surface area contributed by atoms with E-state index in [1.54, 1.807) is 13.2 Å². The summed E-state index contributed by atoms with van der Waals surface area (Å²) in [6, 6.07) is 1.83. The molecule has 68 valence electrons. The summed E-state index contributed by atoms with van der Waals surface area (Å²) in [5.41, 5.74) is 0.978. The molecular weight excluding hydrogens is 166 g/mol. The third kappa shape index (κ3) is 2.68. The lowest BCUT2D eigenvalue weighted by atomic mass is 10.2. The van der Waals surface area contributed by atoms with E-state index in [-0.39, 0.29) is 5.91 Å². The number of hydrogen-bond donors (Lipinski definition) is 1. The van der Waals surface area contributed by atoms with Crippen molar-refractivity contribution in [2.24, 2.45) is 0 Å². The Hall–Kier alpha value is -1.69. The smallest absolute Gasteiger partial charge is 0.296 e. The van der Waals surface area contributed by atoms with Gasteiger partial charge in [0.15, 0.2) is 0 Å². The molecule has 0 fully saturated rings. The highest BCUT2D eigenvalue weighted by atomic mass is 16.3. The Bertz CT molecular complexity index is 354. The van der Waals surface area contributed by atoms with Crippen LogP contribution in [0.4, 0.5) is 0 Å². The lowest BCUT2D eigenvalue weighted by molar-refractivity contribution is -0.115. The third-order valence-corrected chi connectivity index (χ3v) is 1.64. The van der Waals surface area contributed by atoms with E-state index in [4.69, 9.17) is 4.42 Å². The standard InChI is InChI=1S/C10H11NO2/c1-3-4-10(12)11-7-9-5-6-13-8(9)2/h5-6H,7H2,1-2H3,(H,11,12). The third-order valence-electron chi connectivity index (χ3n) is 1.64. The van der Waals surface area contributed by atoms with E-state index in [1.165, 1.54) is 0 Å². The molecule has 0 atom stereocenters. The molecule has 0 radical (unpaired) electrons. The Labute approximate surface area is 77.1 Å². The second-order valence-corrected chi connectivity index (χ2v) is 2.56. The number of hydrogen-bond acceptors (Lipinski definition) is 2. The van der Waals surface area contributed by atoms with E-state index in [9.17, 15) is 4.79 Å². The molecule has 1 rings (SSSR count). The van der Waals surface area contributed by atoms with E-state index in [1.807, 2.05) is 13.0 Å². The zero-order valence-corrected chi connectivity index (χ0v) is 7.68. The van der Waals surface area contributed by atoms with Gasteiger partial charge in [-0.15, -0.1) is 0 Å². The average molecular weight is 177 g/mol. The first-order valence-electron chi connectivity index (χ1n) is 3.97. The number of furan rings is 1. The molecule has 0 aliphatic heterocycles. The molecule has 13 heavy (non-hydrogen) atoms. The lowest BCUT2D eigenvalue weighted by Crippen LogP contribution is -2.20. The molecule has 1 aromatic rings. The molecule has 1 N–H and O–H groups in total. The van der Waals surface area contributed by atoms with E-state index >= 15 is 0 Å². The van der Waals surface area contributed by atoms with Crippen LogP contribution in [-0.4, -0.2) is 5.91 Å². The van der Waals surface area contributed by atoms with Crippen molar-refractivity contribution in [2.75, 3.05) is 0 Å². The zero-order chi connectivity index (χ0) is 9.68. The monoisotopic (exact) mass is 177 g/mol. The highest BCUT2D eigenvalue weighted by molar-refractivity contribution is 5.93. The summed E-state index contributed by atoms with van der Waals surface area (Å²) in [7, 11) is 0. The fourth-order valence-electron chi connectivity index (χ4n) is 0.928. The summed E-state index contributed by atoms with van der Waals surface area (Å²) < 4.78 is 5.07. The van der Waals surface area contributed by atoms with Crippen LogP contribution in [0.1, 0.15) is 18.2 Å². The molecule has 0 unspecified atom stereocenters. The van der Waals surface area contributed by atoms with Crippen LogP contribution in [0.15, 0.2) is 16.7 Å². The second-order valence-electron chi connectivity index (χ2n) is 2.56. The van der Waals surface area contributed by atoms with Gasteiger partial charge in [-0.25, -0.2) is 0 Å². The van der Waals surface area contributed by atoms with Crippen LogP contribution in [0.2, 0.25) is 0 Å². The summed E-state index contributed by atoms with van der Waals surface area (Å²) >= 11 is 0. The topological polar surface area (TPSA) is 42.2 Å². The number of carbonyl (C=O) groups is 1. The van der Waals surface area contributed by atoms with Crippen LogP contribution in [0, 0.1) is 18.8 Å². The molecular formula is C10H11NO2. The van der Waals surface area contributed by atoms with Gasteiger partial charge < -0.3 is 9.73 Å². The molecule has 1 heterocycles. The maximum atomic E-state index is 10.9. The zero-order valence-electron chi connectivity index (χ0n) is 7.68. The average Bonchev–Trinajstić information content (AvgIpc) is 2.48. The molecule has 1 amide bonds. The van der Waals surface area contributed by atoms with E-state index in [0.29, 0.717) is 6.54 Å². The van der Waals surface area contributed by atoms with Gasteiger partial charge in [0, 0.05) is 12.1 Å². The molecule has 0 bridgehead atoms. The van der Waals surface area contributed by atoms with Gasteiger partial charge >= 0.3 is 0 Å². The number of nitrogens with one attached hydrogen (secondary N) is 1. The minimum Gasteiger partial charge on any atom is -0.469 e. The van der Waals surface area contributed by atoms with Crippen molar-refractivity contribution in [1.82, 2.24) is 5.32 Å². The Morgan fingerprint density at radius 2 is 2.46 bits per heavy atom. The van der Waals surface area contributed by atoms with Gasteiger partial charge in [-0.2, -0.15) is 0 Å². The molecule has 0 aliphatic carbocycles. The van der Waals surface area contributed by atoms with Gasteiger partial charge in [0.2, 0.25) is 0 Å². The highest BCUT2D eigenvalue weighted by Crippen LogP contribution is 2.07. The van der Waals surface area contributed by atoms with E-state index in [0.717, 1.165) is 11.3 Å². The fourth-order valence-corrected chi connectivity index (χ4v) is 0.928. The normalized spacial score (nSPS) is 8.77. The maximum absolute atomic E-state index is 10.9. The molecule has 0 saturated heterocycles. The molecule has 0 spiro atoms. The minimum absolute atomic E-state index is 0.261. The van der Waals surface area contributed by atoms with Crippen molar-refractivity contribution in [3.05, 3.63) is 23.7 Å². The van der Waals surface area contributed by atoms with Crippen molar-refractivity contribution in [2.45, 2.75) is 20.4 Å². The van der Waals surface area contributed by atoms with Crippen molar-refractivity contribution in [3.63, 3.8) is 0 Å². The quantitative estimate of drug-likeness (QED) is 0.690. The molecule has 0 aliphatic rings. The van der Waals surface area contributed by atoms with Gasteiger partial charge in [-0.05, 0) is 25.8 Å². The van der Waals surface area contributed by atoms with Gasteiger partial charge in [-0.1, -0.05) is 5.92 Å². The molecule has 3 heteroatoms. The Morgan fingerprint density at radius 1 is 1.69 bits per heavy atom. The molecule has 3 nitrogen and oxygen atoms in total. The summed E-state index contributed by atoms with van der Waals surface area (Å²) in [5.74, 6) is 5.49. The first kappa shape index (κ1) is 9.40. The van der Waals surface area contributed by atoms with Crippen LogP contribution in [-0.2, 0) is 11.3 Å². The SMILES string of the molecule is CC#CC(=O)NCc1ccoc1C. The Kier molecular flexibility index (Phi) is 3.15.